The van der Waals surface area contributed by atoms with E-state index < -0.39 is 0 Å². The molecule has 0 unspecified atom stereocenters. The first-order chi connectivity index (χ1) is 6.86. The number of ether oxygens (including phenoxy) is 1. The average molecular weight is 203 g/mol. The van der Waals surface area contributed by atoms with E-state index in [0.717, 1.165) is 27.6 Å². The average Bonchev–Trinajstić information content (AvgIpc) is 2.29. The molecule has 0 spiro atoms. The summed E-state index contributed by atoms with van der Waals surface area (Å²) in [5.41, 5.74) is 2.20. The quantitative estimate of drug-likeness (QED) is 0.577. The van der Waals surface area contributed by atoms with E-state index in [-0.39, 0.29) is 0 Å². The minimum absolute atomic E-state index is 0.742. The Labute approximate surface area is 86.9 Å². The van der Waals surface area contributed by atoms with E-state index in [1.54, 1.807) is 0 Å². The van der Waals surface area contributed by atoms with Gasteiger partial charge in [-0.1, -0.05) is 41.9 Å². The van der Waals surface area contributed by atoms with Crippen LogP contribution in [0.25, 0.3) is 11.1 Å². The summed E-state index contributed by atoms with van der Waals surface area (Å²) >= 11 is 6.01. The first-order valence-electron chi connectivity index (χ1n) is 4.42. The summed E-state index contributed by atoms with van der Waals surface area (Å²) in [6.45, 7) is 0. The molecule has 0 N–H and O–H groups in total. The molecule has 2 aromatic rings. The molecule has 0 saturated carbocycles. The van der Waals surface area contributed by atoms with Gasteiger partial charge in [0.15, 0.2) is 5.75 Å². The highest BCUT2D eigenvalue weighted by molar-refractivity contribution is 6.35. The number of halogens is 1. The summed E-state index contributed by atoms with van der Waals surface area (Å²) in [6.07, 6.45) is 0. The molecule has 14 heavy (non-hydrogen) atoms. The van der Waals surface area contributed by atoms with Crippen LogP contribution in [0.5, 0.6) is 11.5 Å². The molecule has 0 saturated heterocycles. The summed E-state index contributed by atoms with van der Waals surface area (Å²) in [6, 6.07) is 14.0. The van der Waals surface area contributed by atoms with Crippen molar-refractivity contribution in [2.24, 2.45) is 0 Å². The largest absolute Gasteiger partial charge is 0.453 e. The zero-order valence-electron chi connectivity index (χ0n) is 7.33. The van der Waals surface area contributed by atoms with E-state index in [1.165, 1.54) is 0 Å². The summed E-state index contributed by atoms with van der Waals surface area (Å²) in [5, 5.41) is 0.742. The molecule has 2 heteroatoms. The second-order valence-corrected chi connectivity index (χ2v) is 3.60. The lowest BCUT2D eigenvalue weighted by molar-refractivity contribution is 0.441. The maximum atomic E-state index is 6.01. The van der Waals surface area contributed by atoms with Crippen molar-refractivity contribution in [2.45, 2.75) is 0 Å². The van der Waals surface area contributed by atoms with Crippen molar-refractivity contribution in [3.8, 4) is 22.6 Å². The highest BCUT2D eigenvalue weighted by Crippen LogP contribution is 2.52. The summed E-state index contributed by atoms with van der Waals surface area (Å²) in [4.78, 5) is 0. The minimum atomic E-state index is 0.742. The Morgan fingerprint density at radius 1 is 0.929 bits per heavy atom. The van der Waals surface area contributed by atoms with Gasteiger partial charge in [0.05, 0.1) is 0 Å². The standard InChI is InChI=1S/C12H7ClO/c13-11-10-7-6-9(12(11)14-10)8-4-2-1-3-5-8/h1-7H. The SMILES string of the molecule is Clc1c2ccc(-c3ccccc3)c1O2. The van der Waals surface area contributed by atoms with Gasteiger partial charge in [0.2, 0.25) is 0 Å². The molecular formula is C12H7ClO. The fourth-order valence-corrected chi connectivity index (χ4v) is 1.87. The molecule has 2 aromatic carbocycles. The van der Waals surface area contributed by atoms with Gasteiger partial charge in [0, 0.05) is 5.56 Å². The van der Waals surface area contributed by atoms with Gasteiger partial charge in [0.25, 0.3) is 0 Å². The van der Waals surface area contributed by atoms with Gasteiger partial charge >= 0.3 is 0 Å². The molecular weight excluding hydrogens is 196 g/mol. The summed E-state index contributed by atoms with van der Waals surface area (Å²) < 4.78 is 5.39. The van der Waals surface area contributed by atoms with Crippen LogP contribution in [0, 0.1) is 0 Å². The monoisotopic (exact) mass is 202 g/mol. The van der Waals surface area contributed by atoms with Crippen LogP contribution in [-0.2, 0) is 0 Å². The maximum Gasteiger partial charge on any atom is 0.157 e. The van der Waals surface area contributed by atoms with Gasteiger partial charge in [-0.15, -0.1) is 0 Å². The van der Waals surface area contributed by atoms with E-state index in [4.69, 9.17) is 16.3 Å². The van der Waals surface area contributed by atoms with Crippen LogP contribution < -0.4 is 4.74 Å². The molecule has 1 nitrogen and oxygen atoms in total. The topological polar surface area (TPSA) is 9.23 Å². The normalized spacial score (nSPS) is 11.8. The Morgan fingerprint density at radius 3 is 2.36 bits per heavy atom. The third-order valence-corrected chi connectivity index (χ3v) is 2.72. The van der Waals surface area contributed by atoms with Crippen molar-refractivity contribution >= 4 is 11.6 Å². The van der Waals surface area contributed by atoms with Gasteiger partial charge in [-0.3, -0.25) is 0 Å². The molecule has 68 valence electrons. The van der Waals surface area contributed by atoms with Crippen LogP contribution >= 0.6 is 11.6 Å². The van der Waals surface area contributed by atoms with Crippen molar-refractivity contribution in [1.82, 2.24) is 0 Å². The van der Waals surface area contributed by atoms with Gasteiger partial charge < -0.3 is 4.74 Å². The zero-order valence-corrected chi connectivity index (χ0v) is 8.08. The van der Waals surface area contributed by atoms with Gasteiger partial charge in [0.1, 0.15) is 10.8 Å². The highest BCUT2D eigenvalue weighted by Gasteiger charge is 2.24. The van der Waals surface area contributed by atoms with Gasteiger partial charge in [-0.25, -0.2) is 0 Å². The van der Waals surface area contributed by atoms with Crippen molar-refractivity contribution in [2.75, 3.05) is 0 Å². The minimum Gasteiger partial charge on any atom is -0.453 e. The number of rotatable bonds is 1. The Bertz CT molecular complexity index is 491. The number of hydrogen-bond donors (Lipinski definition) is 0. The zero-order chi connectivity index (χ0) is 9.54. The van der Waals surface area contributed by atoms with Crippen molar-refractivity contribution in [1.29, 1.82) is 0 Å². The van der Waals surface area contributed by atoms with Crippen LogP contribution in [0.3, 0.4) is 0 Å². The van der Waals surface area contributed by atoms with E-state index in [0.29, 0.717) is 0 Å². The Morgan fingerprint density at radius 2 is 1.71 bits per heavy atom. The predicted molar refractivity (Wildman–Crippen MR) is 57.0 cm³/mol. The highest BCUT2D eigenvalue weighted by atomic mass is 35.5. The van der Waals surface area contributed by atoms with E-state index in [2.05, 4.69) is 0 Å². The van der Waals surface area contributed by atoms with Crippen molar-refractivity contribution in [3.63, 3.8) is 0 Å². The van der Waals surface area contributed by atoms with Crippen LogP contribution in [0.2, 0.25) is 5.02 Å². The van der Waals surface area contributed by atoms with Crippen molar-refractivity contribution in [3.05, 3.63) is 47.5 Å². The van der Waals surface area contributed by atoms with E-state index >= 15 is 0 Å². The lowest BCUT2D eigenvalue weighted by Crippen LogP contribution is -1.99. The molecule has 2 aliphatic heterocycles. The molecule has 0 fully saturated rings. The van der Waals surface area contributed by atoms with Gasteiger partial charge in [-0.05, 0) is 17.7 Å². The van der Waals surface area contributed by atoms with Crippen molar-refractivity contribution < 1.29 is 4.74 Å². The van der Waals surface area contributed by atoms with Crippen LogP contribution in [0.1, 0.15) is 0 Å². The molecule has 0 atom stereocenters. The van der Waals surface area contributed by atoms with E-state index in [1.807, 2.05) is 42.5 Å². The molecule has 0 amide bonds. The molecule has 4 rings (SSSR count). The first-order valence-corrected chi connectivity index (χ1v) is 4.80. The molecule has 2 heterocycles. The maximum absolute atomic E-state index is 6.01. The smallest absolute Gasteiger partial charge is 0.157 e. The molecule has 2 bridgehead atoms. The molecule has 2 aliphatic rings. The first kappa shape index (κ1) is 7.89. The molecule has 0 aromatic heterocycles. The predicted octanol–water partition coefficient (Wildman–Crippen LogP) is 4.11. The van der Waals surface area contributed by atoms with Crippen LogP contribution in [0.15, 0.2) is 42.5 Å². The lowest BCUT2D eigenvalue weighted by Gasteiger charge is -2.23. The van der Waals surface area contributed by atoms with Crippen LogP contribution in [0.4, 0.5) is 0 Å². The lowest BCUT2D eigenvalue weighted by atomic mass is 10.0. The third-order valence-electron chi connectivity index (χ3n) is 2.36. The van der Waals surface area contributed by atoms with E-state index in [9.17, 15) is 0 Å². The summed E-state index contributed by atoms with van der Waals surface area (Å²) in [5.74, 6) is 1.58. The number of fused-ring (bicyclic) bond motifs is 2. The molecule has 0 aliphatic carbocycles. The summed E-state index contributed by atoms with van der Waals surface area (Å²) in [7, 11) is 0. The van der Waals surface area contributed by atoms with Gasteiger partial charge in [-0.2, -0.15) is 0 Å². The number of hydrogen-bond acceptors (Lipinski definition) is 1. The van der Waals surface area contributed by atoms with Crippen LogP contribution in [-0.4, -0.2) is 0 Å². The number of benzene rings is 2. The Balaban J connectivity index is 2.20. The molecule has 0 radical (unpaired) electrons. The Hall–Kier alpha value is -1.47. The third kappa shape index (κ3) is 0.962. The second-order valence-electron chi connectivity index (χ2n) is 3.22. The Kier molecular flexibility index (Phi) is 1.55. The fraction of sp³-hybridized carbons (Fsp3) is 0. The fourth-order valence-electron chi connectivity index (χ4n) is 1.63. The second kappa shape index (κ2) is 2.76.